The lowest BCUT2D eigenvalue weighted by Gasteiger charge is -2.34. The first-order chi connectivity index (χ1) is 21.6. The Hall–Kier alpha value is -3.85. The van der Waals surface area contributed by atoms with Gasteiger partial charge in [-0.05, 0) is 66.9 Å². The summed E-state index contributed by atoms with van der Waals surface area (Å²) in [5, 5.41) is 3.80. The van der Waals surface area contributed by atoms with Gasteiger partial charge in [-0.3, -0.25) is 13.9 Å². The second kappa shape index (κ2) is 15.9. The molecular formula is C35H37Cl2N3O4S. The molecule has 0 aliphatic carbocycles. The van der Waals surface area contributed by atoms with E-state index in [1.807, 2.05) is 44.2 Å². The number of nitrogens with zero attached hydrogens (tertiary/aromatic N) is 2. The van der Waals surface area contributed by atoms with E-state index >= 15 is 0 Å². The zero-order valence-electron chi connectivity index (χ0n) is 25.3. The molecule has 0 saturated heterocycles. The molecule has 0 bridgehead atoms. The molecule has 1 atom stereocenters. The van der Waals surface area contributed by atoms with Crippen LogP contribution in [0.15, 0.2) is 108 Å². The highest BCUT2D eigenvalue weighted by Crippen LogP contribution is 2.27. The van der Waals surface area contributed by atoms with Crippen LogP contribution in [0.25, 0.3) is 0 Å². The van der Waals surface area contributed by atoms with Crippen molar-refractivity contribution in [2.75, 3.05) is 17.4 Å². The predicted molar refractivity (Wildman–Crippen MR) is 181 cm³/mol. The number of nitrogens with one attached hydrogen (secondary N) is 1. The lowest BCUT2D eigenvalue weighted by atomic mass is 10.0. The Morgan fingerprint density at radius 1 is 0.844 bits per heavy atom. The summed E-state index contributed by atoms with van der Waals surface area (Å²) in [6.07, 6.45) is 1.90. The summed E-state index contributed by atoms with van der Waals surface area (Å²) in [7, 11) is -4.22. The molecule has 0 aliphatic heterocycles. The van der Waals surface area contributed by atoms with E-state index in [1.165, 1.54) is 29.2 Å². The number of unbranched alkanes of at least 4 members (excludes halogenated alkanes) is 1. The summed E-state index contributed by atoms with van der Waals surface area (Å²) < 4.78 is 29.2. The minimum Gasteiger partial charge on any atom is -0.354 e. The number of rotatable bonds is 14. The van der Waals surface area contributed by atoms with Crippen molar-refractivity contribution in [3.05, 3.63) is 130 Å². The van der Waals surface area contributed by atoms with E-state index in [0.29, 0.717) is 27.8 Å². The van der Waals surface area contributed by atoms with E-state index in [-0.39, 0.29) is 23.8 Å². The number of amides is 2. The van der Waals surface area contributed by atoms with Gasteiger partial charge >= 0.3 is 0 Å². The molecule has 0 aromatic heterocycles. The van der Waals surface area contributed by atoms with Gasteiger partial charge in [-0.1, -0.05) is 103 Å². The van der Waals surface area contributed by atoms with Gasteiger partial charge in [0, 0.05) is 29.6 Å². The van der Waals surface area contributed by atoms with Crippen LogP contribution in [0.4, 0.5) is 5.69 Å². The molecule has 0 radical (unpaired) electrons. The Morgan fingerprint density at radius 3 is 2.13 bits per heavy atom. The molecule has 236 valence electrons. The smallest absolute Gasteiger partial charge is 0.264 e. The van der Waals surface area contributed by atoms with E-state index in [1.54, 1.807) is 48.5 Å². The quantitative estimate of drug-likeness (QED) is 0.146. The zero-order valence-corrected chi connectivity index (χ0v) is 27.7. The van der Waals surface area contributed by atoms with Gasteiger partial charge in [0.2, 0.25) is 11.8 Å². The predicted octanol–water partition coefficient (Wildman–Crippen LogP) is 7.05. The number of carbonyl (C=O) groups is 2. The molecule has 0 saturated carbocycles. The van der Waals surface area contributed by atoms with E-state index < -0.39 is 28.5 Å². The maximum absolute atomic E-state index is 14.5. The van der Waals surface area contributed by atoms with Crippen LogP contribution in [0.3, 0.4) is 0 Å². The third-order valence-electron chi connectivity index (χ3n) is 7.40. The highest BCUT2D eigenvalue weighted by atomic mass is 35.5. The third-order valence-corrected chi connectivity index (χ3v) is 9.81. The van der Waals surface area contributed by atoms with Gasteiger partial charge in [0.15, 0.2) is 0 Å². The summed E-state index contributed by atoms with van der Waals surface area (Å²) in [6.45, 7) is 3.83. The summed E-state index contributed by atoms with van der Waals surface area (Å²) >= 11 is 12.6. The van der Waals surface area contributed by atoms with Crippen molar-refractivity contribution in [3.8, 4) is 0 Å². The second-order valence-corrected chi connectivity index (χ2v) is 13.5. The van der Waals surface area contributed by atoms with Crippen LogP contribution in [-0.2, 0) is 32.6 Å². The molecular weight excluding hydrogens is 629 g/mol. The van der Waals surface area contributed by atoms with E-state index in [4.69, 9.17) is 23.2 Å². The molecule has 7 nitrogen and oxygen atoms in total. The van der Waals surface area contributed by atoms with Crippen molar-refractivity contribution in [1.82, 2.24) is 10.2 Å². The van der Waals surface area contributed by atoms with Crippen molar-refractivity contribution in [3.63, 3.8) is 0 Å². The van der Waals surface area contributed by atoms with Gasteiger partial charge in [0.1, 0.15) is 12.6 Å². The van der Waals surface area contributed by atoms with Crippen LogP contribution in [-0.4, -0.2) is 44.3 Å². The number of hydrogen-bond acceptors (Lipinski definition) is 4. The minimum atomic E-state index is -4.22. The number of carbonyl (C=O) groups excluding carboxylic acids is 2. The first kappa shape index (κ1) is 34.0. The Bertz CT molecular complexity index is 1680. The lowest BCUT2D eigenvalue weighted by molar-refractivity contribution is -0.140. The van der Waals surface area contributed by atoms with Gasteiger partial charge in [-0.15, -0.1) is 0 Å². The first-order valence-electron chi connectivity index (χ1n) is 14.8. The number of sulfonamides is 1. The van der Waals surface area contributed by atoms with Gasteiger partial charge < -0.3 is 10.2 Å². The molecule has 10 heteroatoms. The fourth-order valence-electron chi connectivity index (χ4n) is 4.84. The average Bonchev–Trinajstić information content (AvgIpc) is 3.03. The van der Waals surface area contributed by atoms with Crippen molar-refractivity contribution in [2.45, 2.75) is 50.6 Å². The van der Waals surface area contributed by atoms with Crippen LogP contribution in [0, 0.1) is 6.92 Å². The molecule has 4 aromatic carbocycles. The highest BCUT2D eigenvalue weighted by molar-refractivity contribution is 7.92. The Kier molecular flexibility index (Phi) is 12.0. The monoisotopic (exact) mass is 665 g/mol. The number of aryl methyl sites for hydroxylation is 1. The molecule has 0 aliphatic rings. The maximum Gasteiger partial charge on any atom is 0.264 e. The van der Waals surface area contributed by atoms with Crippen molar-refractivity contribution in [2.24, 2.45) is 0 Å². The maximum atomic E-state index is 14.5. The average molecular weight is 667 g/mol. The van der Waals surface area contributed by atoms with Crippen molar-refractivity contribution in [1.29, 1.82) is 0 Å². The summed E-state index contributed by atoms with van der Waals surface area (Å²) in [6, 6.07) is 28.3. The lowest BCUT2D eigenvalue weighted by Crippen LogP contribution is -2.53. The van der Waals surface area contributed by atoms with E-state index in [2.05, 4.69) is 5.32 Å². The molecule has 0 spiro atoms. The highest BCUT2D eigenvalue weighted by Gasteiger charge is 2.34. The SMILES string of the molecule is CCCCNC(=O)[C@@H](Cc1ccccc1)N(Cc1ccccc1Cl)C(=O)CN(c1ccc(C)cc1)S(=O)(=O)c1ccc(Cl)cc1. The van der Waals surface area contributed by atoms with E-state index in [0.717, 1.165) is 28.3 Å². The van der Waals surface area contributed by atoms with Gasteiger partial charge in [0.05, 0.1) is 10.6 Å². The summed E-state index contributed by atoms with van der Waals surface area (Å²) in [4.78, 5) is 29.7. The molecule has 0 unspecified atom stereocenters. The molecule has 2 amide bonds. The first-order valence-corrected chi connectivity index (χ1v) is 17.0. The normalized spacial score (nSPS) is 11.9. The fourth-order valence-corrected chi connectivity index (χ4v) is 6.58. The van der Waals surface area contributed by atoms with E-state index in [9.17, 15) is 18.0 Å². The largest absolute Gasteiger partial charge is 0.354 e. The molecule has 0 fully saturated rings. The molecule has 0 heterocycles. The van der Waals surface area contributed by atoms with Crippen LogP contribution >= 0.6 is 23.2 Å². The molecule has 4 aromatic rings. The fraction of sp³-hybridized carbons (Fsp3) is 0.257. The Balaban J connectivity index is 1.79. The second-order valence-electron chi connectivity index (χ2n) is 10.8. The van der Waals surface area contributed by atoms with Crippen molar-refractivity contribution < 1.29 is 18.0 Å². The standard InChI is InChI=1S/C35H37Cl2N3O4S/c1-3-4-22-38-35(42)33(23-27-10-6-5-7-11-27)39(24-28-12-8-9-13-32(28)37)34(41)25-40(30-18-14-26(2)15-19-30)45(43,44)31-20-16-29(36)17-21-31/h5-21,33H,3-4,22-25H2,1-2H3,(H,38,42)/t33-/m1/s1. The molecule has 45 heavy (non-hydrogen) atoms. The Labute approximate surface area is 275 Å². The third kappa shape index (κ3) is 9.10. The van der Waals surface area contributed by atoms with Crippen LogP contribution < -0.4 is 9.62 Å². The topological polar surface area (TPSA) is 86.8 Å². The van der Waals surface area contributed by atoms with Gasteiger partial charge in [0.25, 0.3) is 10.0 Å². The van der Waals surface area contributed by atoms with Gasteiger partial charge in [-0.25, -0.2) is 8.42 Å². The zero-order chi connectivity index (χ0) is 32.4. The Morgan fingerprint density at radius 2 is 1.49 bits per heavy atom. The summed E-state index contributed by atoms with van der Waals surface area (Å²) in [5.74, 6) is -0.880. The minimum absolute atomic E-state index is 0.0000644. The van der Waals surface area contributed by atoms with Crippen LogP contribution in [0.5, 0.6) is 0 Å². The van der Waals surface area contributed by atoms with Gasteiger partial charge in [-0.2, -0.15) is 0 Å². The summed E-state index contributed by atoms with van der Waals surface area (Å²) in [5.41, 5.74) is 2.73. The molecule has 1 N–H and O–H groups in total. The molecule has 4 rings (SSSR count). The number of hydrogen-bond donors (Lipinski definition) is 1. The number of anilines is 1. The van der Waals surface area contributed by atoms with Crippen LogP contribution in [0.1, 0.15) is 36.5 Å². The van der Waals surface area contributed by atoms with Crippen LogP contribution in [0.2, 0.25) is 10.0 Å². The van der Waals surface area contributed by atoms with Crippen molar-refractivity contribution >= 4 is 50.7 Å². The number of halogens is 2. The number of benzene rings is 4.